The molecule has 11 heavy (non-hydrogen) atoms. The van der Waals surface area contributed by atoms with Gasteiger partial charge in [0.05, 0.1) is 6.33 Å². The second-order valence-corrected chi connectivity index (χ2v) is 1.98. The third kappa shape index (κ3) is 2.98. The number of hydrogen-bond donors (Lipinski definition) is 0. The molecular formula is C8H14N2O. The highest BCUT2D eigenvalue weighted by atomic mass is 16.1. The highest BCUT2D eigenvalue weighted by molar-refractivity contribution is 4.95. The minimum absolute atomic E-state index is 0.0116. The van der Waals surface area contributed by atoms with Crippen LogP contribution in [0, 0.1) is 6.92 Å². The Labute approximate surface area is 66.7 Å². The molecule has 0 aliphatic carbocycles. The first-order chi connectivity index (χ1) is 5.20. The highest BCUT2D eigenvalue weighted by Crippen LogP contribution is 1.80. The van der Waals surface area contributed by atoms with Crippen LogP contribution in [0.2, 0.25) is 0 Å². The number of rotatable bonds is 0. The van der Waals surface area contributed by atoms with E-state index in [1.54, 1.807) is 14.0 Å². The van der Waals surface area contributed by atoms with Crippen LogP contribution in [-0.2, 0) is 7.05 Å². The Morgan fingerprint density at radius 1 is 1.45 bits per heavy atom. The van der Waals surface area contributed by atoms with E-state index in [4.69, 9.17) is 0 Å². The van der Waals surface area contributed by atoms with Crippen molar-refractivity contribution in [2.45, 2.75) is 20.8 Å². The molecule has 0 spiro atoms. The molecular weight excluding hydrogens is 140 g/mol. The summed E-state index contributed by atoms with van der Waals surface area (Å²) in [6, 6.07) is 1.50. The van der Waals surface area contributed by atoms with Gasteiger partial charge in [-0.05, 0) is 6.92 Å². The average Bonchev–Trinajstić information content (AvgIpc) is 2.02. The molecule has 1 aromatic rings. The molecule has 1 rings (SSSR count). The molecule has 0 aliphatic rings. The minimum atomic E-state index is -0.0116. The first-order valence-corrected chi connectivity index (χ1v) is 3.69. The topological polar surface area (TPSA) is 34.9 Å². The van der Waals surface area contributed by atoms with Gasteiger partial charge in [-0.1, -0.05) is 13.8 Å². The number of aromatic nitrogens is 2. The Morgan fingerprint density at radius 2 is 2.00 bits per heavy atom. The van der Waals surface area contributed by atoms with Crippen molar-refractivity contribution in [3.8, 4) is 0 Å². The summed E-state index contributed by atoms with van der Waals surface area (Å²) >= 11 is 0. The van der Waals surface area contributed by atoms with Gasteiger partial charge < -0.3 is 4.57 Å². The Morgan fingerprint density at radius 3 is 2.36 bits per heavy atom. The maximum atomic E-state index is 10.8. The van der Waals surface area contributed by atoms with Crippen LogP contribution in [0.1, 0.15) is 19.5 Å². The fourth-order valence-electron chi connectivity index (χ4n) is 0.552. The molecule has 0 fully saturated rings. The highest BCUT2D eigenvalue weighted by Gasteiger charge is 1.87. The van der Waals surface area contributed by atoms with Crippen molar-refractivity contribution >= 4 is 0 Å². The zero-order valence-electron chi connectivity index (χ0n) is 7.46. The fraction of sp³-hybridized carbons (Fsp3) is 0.500. The van der Waals surface area contributed by atoms with Gasteiger partial charge in [0.15, 0.2) is 0 Å². The fourth-order valence-corrected chi connectivity index (χ4v) is 0.552. The zero-order valence-corrected chi connectivity index (χ0v) is 7.46. The van der Waals surface area contributed by atoms with Gasteiger partial charge in [0.25, 0.3) is 5.56 Å². The van der Waals surface area contributed by atoms with Crippen molar-refractivity contribution in [2.24, 2.45) is 7.05 Å². The van der Waals surface area contributed by atoms with Crippen LogP contribution in [-0.4, -0.2) is 9.55 Å². The molecule has 0 unspecified atom stereocenters. The quantitative estimate of drug-likeness (QED) is 0.561. The Hall–Kier alpha value is -1.12. The second-order valence-electron chi connectivity index (χ2n) is 1.98. The molecule has 3 heteroatoms. The van der Waals surface area contributed by atoms with Crippen LogP contribution in [0.15, 0.2) is 17.2 Å². The maximum absolute atomic E-state index is 10.8. The largest absolute Gasteiger partial charge is 0.302 e. The molecule has 3 nitrogen and oxygen atoms in total. The van der Waals surface area contributed by atoms with Crippen LogP contribution in [0.25, 0.3) is 0 Å². The molecule has 1 aromatic heterocycles. The van der Waals surface area contributed by atoms with Crippen molar-refractivity contribution in [3.05, 3.63) is 28.4 Å². The van der Waals surface area contributed by atoms with Crippen molar-refractivity contribution in [3.63, 3.8) is 0 Å². The molecule has 0 atom stereocenters. The Balaban J connectivity index is 0.000000461. The van der Waals surface area contributed by atoms with Crippen LogP contribution >= 0.6 is 0 Å². The number of hydrogen-bond acceptors (Lipinski definition) is 2. The van der Waals surface area contributed by atoms with Gasteiger partial charge in [0.1, 0.15) is 0 Å². The van der Waals surface area contributed by atoms with Gasteiger partial charge in [-0.3, -0.25) is 4.79 Å². The zero-order chi connectivity index (χ0) is 8.85. The number of aryl methyl sites for hydroxylation is 2. The van der Waals surface area contributed by atoms with Gasteiger partial charge in [0.2, 0.25) is 0 Å². The lowest BCUT2D eigenvalue weighted by Crippen LogP contribution is -2.15. The van der Waals surface area contributed by atoms with Crippen molar-refractivity contribution in [1.29, 1.82) is 0 Å². The monoisotopic (exact) mass is 154 g/mol. The van der Waals surface area contributed by atoms with E-state index < -0.39 is 0 Å². The standard InChI is InChI=1S/C6H8N2O.C2H6/c1-5-3-6(9)8(2)4-7-5;1-2/h3-4H,1-2H3;1-2H3. The molecule has 0 saturated heterocycles. The summed E-state index contributed by atoms with van der Waals surface area (Å²) < 4.78 is 1.44. The average molecular weight is 154 g/mol. The summed E-state index contributed by atoms with van der Waals surface area (Å²) in [5, 5.41) is 0. The Bertz CT molecular complexity index is 265. The van der Waals surface area contributed by atoms with E-state index in [1.165, 1.54) is 17.0 Å². The SMILES string of the molecule is CC.Cc1cc(=O)n(C)cn1. The van der Waals surface area contributed by atoms with E-state index in [0.29, 0.717) is 0 Å². The summed E-state index contributed by atoms with van der Waals surface area (Å²) in [6.45, 7) is 5.79. The molecule has 0 aliphatic heterocycles. The maximum Gasteiger partial charge on any atom is 0.253 e. The summed E-state index contributed by atoms with van der Waals surface area (Å²) in [4.78, 5) is 14.7. The predicted octanol–water partition coefficient (Wildman–Crippen LogP) is 1.11. The van der Waals surface area contributed by atoms with E-state index in [2.05, 4.69) is 4.98 Å². The van der Waals surface area contributed by atoms with Crippen LogP contribution in [0.5, 0.6) is 0 Å². The van der Waals surface area contributed by atoms with E-state index in [1.807, 2.05) is 13.8 Å². The van der Waals surface area contributed by atoms with E-state index in [0.717, 1.165) is 5.69 Å². The van der Waals surface area contributed by atoms with Gasteiger partial charge >= 0.3 is 0 Å². The third-order valence-electron chi connectivity index (χ3n) is 1.11. The van der Waals surface area contributed by atoms with Crippen LogP contribution < -0.4 is 5.56 Å². The lowest BCUT2D eigenvalue weighted by Gasteiger charge is -1.93. The summed E-state index contributed by atoms with van der Waals surface area (Å²) in [7, 11) is 1.68. The third-order valence-corrected chi connectivity index (χ3v) is 1.11. The summed E-state index contributed by atoms with van der Waals surface area (Å²) in [5.41, 5.74) is 0.751. The molecule has 62 valence electrons. The minimum Gasteiger partial charge on any atom is -0.302 e. The first-order valence-electron chi connectivity index (χ1n) is 3.69. The van der Waals surface area contributed by atoms with Gasteiger partial charge in [-0.15, -0.1) is 0 Å². The van der Waals surface area contributed by atoms with Gasteiger partial charge in [0, 0.05) is 18.8 Å². The summed E-state index contributed by atoms with van der Waals surface area (Å²) in [5.74, 6) is 0. The first kappa shape index (κ1) is 9.88. The van der Waals surface area contributed by atoms with Crippen LogP contribution in [0.3, 0.4) is 0 Å². The molecule has 0 amide bonds. The van der Waals surface area contributed by atoms with Crippen molar-refractivity contribution in [2.75, 3.05) is 0 Å². The molecule has 1 heterocycles. The summed E-state index contributed by atoms with van der Waals surface area (Å²) in [6.07, 6.45) is 1.51. The van der Waals surface area contributed by atoms with Gasteiger partial charge in [-0.2, -0.15) is 0 Å². The normalized spacial score (nSPS) is 8.36. The predicted molar refractivity (Wildman–Crippen MR) is 45.6 cm³/mol. The molecule has 0 radical (unpaired) electrons. The Kier molecular flexibility index (Phi) is 4.18. The van der Waals surface area contributed by atoms with E-state index in [-0.39, 0.29) is 5.56 Å². The lowest BCUT2D eigenvalue weighted by molar-refractivity contribution is 0.814. The van der Waals surface area contributed by atoms with E-state index >= 15 is 0 Å². The number of nitrogens with zero attached hydrogens (tertiary/aromatic N) is 2. The molecule has 0 aromatic carbocycles. The van der Waals surface area contributed by atoms with E-state index in [9.17, 15) is 4.79 Å². The smallest absolute Gasteiger partial charge is 0.253 e. The molecule has 0 N–H and O–H groups in total. The molecule has 0 saturated carbocycles. The van der Waals surface area contributed by atoms with Crippen LogP contribution in [0.4, 0.5) is 0 Å². The molecule has 0 bridgehead atoms. The van der Waals surface area contributed by atoms with Crippen molar-refractivity contribution in [1.82, 2.24) is 9.55 Å². The van der Waals surface area contributed by atoms with Gasteiger partial charge in [-0.25, -0.2) is 4.98 Å². The van der Waals surface area contributed by atoms with Crippen molar-refractivity contribution < 1.29 is 0 Å². The second kappa shape index (κ2) is 4.66. The lowest BCUT2D eigenvalue weighted by atomic mass is 10.4.